The molecule has 0 saturated carbocycles. The normalized spacial score (nSPS) is 17.2. The molecule has 0 aliphatic carbocycles. The molecular weight excluding hydrogens is 526 g/mol. The van der Waals surface area contributed by atoms with Crippen molar-refractivity contribution in [1.82, 2.24) is 10.6 Å². The maximum absolute atomic E-state index is 13.9. The van der Waals surface area contributed by atoms with Gasteiger partial charge in [-0.2, -0.15) is 0 Å². The van der Waals surface area contributed by atoms with Crippen LogP contribution in [-0.2, 0) is 22.6 Å². The number of hydrogen-bond donors (Lipinski definition) is 3. The smallest absolute Gasteiger partial charge is 0.225 e. The minimum absolute atomic E-state index is 0. The number of fused-ring (bicyclic) bond motifs is 2. The van der Waals surface area contributed by atoms with E-state index in [0.717, 1.165) is 22.4 Å². The van der Waals surface area contributed by atoms with Crippen LogP contribution in [-0.4, -0.2) is 38.3 Å². The van der Waals surface area contributed by atoms with E-state index in [0.29, 0.717) is 50.8 Å². The van der Waals surface area contributed by atoms with Gasteiger partial charge < -0.3 is 25.4 Å². The molecule has 1 atom stereocenters. The van der Waals surface area contributed by atoms with Gasteiger partial charge in [0.05, 0.1) is 13.2 Å². The molecule has 0 saturated heterocycles. The highest BCUT2D eigenvalue weighted by atomic mass is 127. The van der Waals surface area contributed by atoms with Crippen molar-refractivity contribution in [1.29, 1.82) is 0 Å². The number of carbonyl (C=O) groups excluding carboxylic acids is 1. The molecule has 4 rings (SSSR count). The van der Waals surface area contributed by atoms with Crippen molar-refractivity contribution in [2.75, 3.05) is 31.7 Å². The fraction of sp³-hybridized carbons (Fsp3) is 0.391. The Kier molecular flexibility index (Phi) is 8.68. The molecular formula is C23H28FIN4O3. The molecule has 32 heavy (non-hydrogen) atoms. The third kappa shape index (κ3) is 5.89. The number of ether oxygens (including phenoxy) is 2. The fourth-order valence-electron chi connectivity index (χ4n) is 3.97. The number of halogens is 2. The molecule has 0 aromatic heterocycles. The van der Waals surface area contributed by atoms with Crippen molar-refractivity contribution in [3.05, 3.63) is 58.9 Å². The first kappa shape index (κ1) is 24.2. The summed E-state index contributed by atoms with van der Waals surface area (Å²) in [5.41, 5.74) is 3.50. The topological polar surface area (TPSA) is 84.0 Å². The Morgan fingerprint density at radius 1 is 1.28 bits per heavy atom. The van der Waals surface area contributed by atoms with Gasteiger partial charge >= 0.3 is 0 Å². The van der Waals surface area contributed by atoms with Gasteiger partial charge in [-0.1, -0.05) is 18.2 Å². The number of guanidine groups is 1. The standard InChI is InChI=1S/C23H27FN4O3.HI/c1-2-25-23(27-12-16-11-21(29)28-20-6-4-3-5-19(16)20)26-8-7-15-9-18(24)10-17-13-30-14-31-22(15)17;/h3-6,9-10,16H,2,7-8,11-14H2,1H3,(H,28,29)(H2,25,26,27);1H. The van der Waals surface area contributed by atoms with Gasteiger partial charge in [0.1, 0.15) is 11.6 Å². The highest BCUT2D eigenvalue weighted by Crippen LogP contribution is 2.32. The van der Waals surface area contributed by atoms with E-state index in [4.69, 9.17) is 14.5 Å². The third-order valence-electron chi connectivity index (χ3n) is 5.36. The summed E-state index contributed by atoms with van der Waals surface area (Å²) in [4.78, 5) is 16.7. The first-order valence-corrected chi connectivity index (χ1v) is 10.6. The number of carbonyl (C=O) groups is 1. The van der Waals surface area contributed by atoms with Crippen LogP contribution in [0.5, 0.6) is 5.75 Å². The number of para-hydroxylation sites is 1. The second-order valence-corrected chi connectivity index (χ2v) is 7.60. The molecule has 2 aliphatic rings. The van der Waals surface area contributed by atoms with Gasteiger partial charge in [0.15, 0.2) is 12.8 Å². The molecule has 172 valence electrons. The molecule has 2 aromatic rings. The monoisotopic (exact) mass is 554 g/mol. The van der Waals surface area contributed by atoms with E-state index < -0.39 is 0 Å². The number of anilines is 1. The summed E-state index contributed by atoms with van der Waals surface area (Å²) in [6.45, 7) is 4.30. The minimum atomic E-state index is -0.294. The van der Waals surface area contributed by atoms with Crippen molar-refractivity contribution in [3.63, 3.8) is 0 Å². The van der Waals surface area contributed by atoms with E-state index in [1.54, 1.807) is 0 Å². The zero-order valence-corrected chi connectivity index (χ0v) is 20.3. The molecule has 1 amide bonds. The van der Waals surface area contributed by atoms with E-state index in [1.807, 2.05) is 31.2 Å². The van der Waals surface area contributed by atoms with Gasteiger partial charge in [-0.25, -0.2) is 4.39 Å². The lowest BCUT2D eigenvalue weighted by molar-refractivity contribution is -0.116. The Morgan fingerprint density at radius 3 is 2.97 bits per heavy atom. The van der Waals surface area contributed by atoms with Gasteiger partial charge in [-0.3, -0.25) is 9.79 Å². The van der Waals surface area contributed by atoms with Crippen molar-refractivity contribution in [2.45, 2.75) is 32.3 Å². The molecule has 0 bridgehead atoms. The van der Waals surface area contributed by atoms with Crippen LogP contribution in [0.1, 0.15) is 36.0 Å². The maximum atomic E-state index is 13.9. The summed E-state index contributed by atoms with van der Waals surface area (Å²) < 4.78 is 24.8. The first-order chi connectivity index (χ1) is 15.1. The van der Waals surface area contributed by atoms with Gasteiger partial charge in [-0.05, 0) is 42.7 Å². The summed E-state index contributed by atoms with van der Waals surface area (Å²) in [5, 5.41) is 9.44. The number of aliphatic imine (C=N–C) groups is 1. The lowest BCUT2D eigenvalue weighted by Gasteiger charge is -2.24. The summed E-state index contributed by atoms with van der Waals surface area (Å²) in [5.74, 6) is 1.13. The number of nitrogens with zero attached hydrogens (tertiary/aromatic N) is 1. The molecule has 7 nitrogen and oxygen atoms in total. The Morgan fingerprint density at radius 2 is 2.12 bits per heavy atom. The van der Waals surface area contributed by atoms with Crippen molar-refractivity contribution >= 4 is 41.5 Å². The van der Waals surface area contributed by atoms with Crippen molar-refractivity contribution in [3.8, 4) is 5.75 Å². The van der Waals surface area contributed by atoms with Gasteiger partial charge in [0.2, 0.25) is 5.91 Å². The van der Waals surface area contributed by atoms with Gasteiger partial charge in [-0.15, -0.1) is 24.0 Å². The molecule has 3 N–H and O–H groups in total. The van der Waals surface area contributed by atoms with Crippen LogP contribution in [0.4, 0.5) is 10.1 Å². The largest absolute Gasteiger partial charge is 0.467 e. The second-order valence-electron chi connectivity index (χ2n) is 7.60. The fourth-order valence-corrected chi connectivity index (χ4v) is 3.97. The lowest BCUT2D eigenvalue weighted by Crippen LogP contribution is -2.39. The van der Waals surface area contributed by atoms with E-state index in [9.17, 15) is 9.18 Å². The van der Waals surface area contributed by atoms with Crippen LogP contribution in [0.25, 0.3) is 0 Å². The summed E-state index contributed by atoms with van der Waals surface area (Å²) >= 11 is 0. The van der Waals surface area contributed by atoms with E-state index in [-0.39, 0.29) is 48.4 Å². The summed E-state index contributed by atoms with van der Waals surface area (Å²) in [6, 6.07) is 10.8. The van der Waals surface area contributed by atoms with Crippen LogP contribution < -0.4 is 20.7 Å². The minimum Gasteiger partial charge on any atom is -0.467 e. The molecule has 0 radical (unpaired) electrons. The van der Waals surface area contributed by atoms with Gasteiger partial charge in [0.25, 0.3) is 0 Å². The maximum Gasteiger partial charge on any atom is 0.225 e. The predicted octanol–water partition coefficient (Wildman–Crippen LogP) is 3.53. The van der Waals surface area contributed by atoms with Crippen LogP contribution in [0.15, 0.2) is 41.4 Å². The quantitative estimate of drug-likeness (QED) is 0.289. The van der Waals surface area contributed by atoms with Crippen LogP contribution in [0.3, 0.4) is 0 Å². The SMILES string of the molecule is CCNC(=NCC1CC(=O)Nc2ccccc21)NCCc1cc(F)cc2c1OCOC2.I. The predicted molar refractivity (Wildman–Crippen MR) is 132 cm³/mol. The van der Waals surface area contributed by atoms with Crippen LogP contribution in [0, 0.1) is 5.82 Å². The Hall–Kier alpha value is -2.40. The molecule has 2 aromatic carbocycles. The molecule has 0 spiro atoms. The number of nitrogens with one attached hydrogen (secondary N) is 3. The number of benzene rings is 2. The molecule has 0 fully saturated rings. The van der Waals surface area contributed by atoms with E-state index >= 15 is 0 Å². The molecule has 2 aliphatic heterocycles. The molecule has 2 heterocycles. The Bertz CT molecular complexity index is 986. The Balaban J connectivity index is 0.00000289. The average molecular weight is 554 g/mol. The molecule has 9 heteroatoms. The van der Waals surface area contributed by atoms with Crippen molar-refractivity contribution < 1.29 is 18.7 Å². The summed E-state index contributed by atoms with van der Waals surface area (Å²) in [6.07, 6.45) is 0.994. The van der Waals surface area contributed by atoms with Crippen LogP contribution in [0.2, 0.25) is 0 Å². The first-order valence-electron chi connectivity index (χ1n) is 10.6. The number of amides is 1. The number of hydrogen-bond acceptors (Lipinski definition) is 4. The highest BCUT2D eigenvalue weighted by Gasteiger charge is 2.24. The van der Waals surface area contributed by atoms with E-state index in [1.165, 1.54) is 12.1 Å². The zero-order chi connectivity index (χ0) is 21.6. The lowest BCUT2D eigenvalue weighted by atomic mass is 9.91. The number of rotatable bonds is 6. The second kappa shape index (κ2) is 11.5. The third-order valence-corrected chi connectivity index (χ3v) is 5.36. The van der Waals surface area contributed by atoms with Gasteiger partial charge in [0, 0.05) is 36.7 Å². The Labute approximate surface area is 204 Å². The average Bonchev–Trinajstić information content (AvgIpc) is 2.77. The van der Waals surface area contributed by atoms with Crippen molar-refractivity contribution in [2.24, 2.45) is 4.99 Å². The zero-order valence-electron chi connectivity index (χ0n) is 17.9. The highest BCUT2D eigenvalue weighted by molar-refractivity contribution is 14.0. The molecule has 1 unspecified atom stereocenters. The summed E-state index contributed by atoms with van der Waals surface area (Å²) in [7, 11) is 0. The van der Waals surface area contributed by atoms with E-state index in [2.05, 4.69) is 16.0 Å². The van der Waals surface area contributed by atoms with Crippen LogP contribution >= 0.6 is 24.0 Å².